The minimum Gasteiger partial charge on any atom is -0.419 e. The summed E-state index contributed by atoms with van der Waals surface area (Å²) in [4.78, 5) is 0. The summed E-state index contributed by atoms with van der Waals surface area (Å²) in [5, 5.41) is 12.9. The standard InChI is InChI=1S/C17H15Cl2N3O/c1-11(14-4-2-3-5-15(14)19)20-10-16-21-22-17(23-16)12-6-8-13(18)9-7-12/h2-9,11,20H,10H2,1H3/t11-/m0/s1. The Labute approximate surface area is 144 Å². The fourth-order valence-electron chi connectivity index (χ4n) is 2.21. The zero-order valence-electron chi connectivity index (χ0n) is 12.5. The number of benzene rings is 2. The Balaban J connectivity index is 1.65. The number of rotatable bonds is 5. The minimum absolute atomic E-state index is 0.0783. The highest BCUT2D eigenvalue weighted by molar-refractivity contribution is 6.31. The van der Waals surface area contributed by atoms with Crippen LogP contribution < -0.4 is 5.32 Å². The minimum atomic E-state index is 0.0783. The molecule has 0 spiro atoms. The lowest BCUT2D eigenvalue weighted by molar-refractivity contribution is 0.454. The Hall–Kier alpha value is -1.88. The normalized spacial score (nSPS) is 12.3. The average molecular weight is 348 g/mol. The van der Waals surface area contributed by atoms with Gasteiger partial charge in [-0.15, -0.1) is 10.2 Å². The van der Waals surface area contributed by atoms with Crippen LogP contribution in [0.5, 0.6) is 0 Å². The van der Waals surface area contributed by atoms with Gasteiger partial charge in [0.2, 0.25) is 11.8 Å². The van der Waals surface area contributed by atoms with E-state index in [1.54, 1.807) is 12.1 Å². The topological polar surface area (TPSA) is 51.0 Å². The highest BCUT2D eigenvalue weighted by atomic mass is 35.5. The molecule has 0 amide bonds. The van der Waals surface area contributed by atoms with Gasteiger partial charge in [-0.2, -0.15) is 0 Å². The maximum Gasteiger partial charge on any atom is 0.247 e. The Morgan fingerprint density at radius 3 is 2.52 bits per heavy atom. The Morgan fingerprint density at radius 2 is 1.78 bits per heavy atom. The molecule has 0 bridgehead atoms. The molecule has 23 heavy (non-hydrogen) atoms. The summed E-state index contributed by atoms with van der Waals surface area (Å²) in [5.74, 6) is 0.998. The predicted octanol–water partition coefficient (Wildman–Crippen LogP) is 4.89. The molecule has 2 aromatic carbocycles. The molecule has 0 fully saturated rings. The molecule has 4 nitrogen and oxygen atoms in total. The van der Waals surface area contributed by atoms with Crippen LogP contribution in [0.25, 0.3) is 11.5 Å². The van der Waals surface area contributed by atoms with E-state index < -0.39 is 0 Å². The van der Waals surface area contributed by atoms with E-state index in [0.29, 0.717) is 23.3 Å². The summed E-state index contributed by atoms with van der Waals surface area (Å²) in [5.41, 5.74) is 1.87. The second kappa shape index (κ2) is 7.13. The second-order valence-corrected chi connectivity index (χ2v) is 5.98. The van der Waals surface area contributed by atoms with Crippen LogP contribution in [-0.2, 0) is 6.54 Å². The summed E-state index contributed by atoms with van der Waals surface area (Å²) in [6.45, 7) is 2.50. The molecule has 0 aliphatic carbocycles. The molecule has 0 unspecified atom stereocenters. The molecule has 118 valence electrons. The smallest absolute Gasteiger partial charge is 0.247 e. The van der Waals surface area contributed by atoms with E-state index in [2.05, 4.69) is 15.5 Å². The van der Waals surface area contributed by atoms with Gasteiger partial charge in [-0.25, -0.2) is 0 Å². The Morgan fingerprint density at radius 1 is 1.04 bits per heavy atom. The molecular weight excluding hydrogens is 333 g/mol. The molecule has 1 aromatic heterocycles. The van der Waals surface area contributed by atoms with Crippen LogP contribution in [0.15, 0.2) is 52.9 Å². The molecule has 3 rings (SSSR count). The van der Waals surface area contributed by atoms with Crippen LogP contribution in [0.2, 0.25) is 10.0 Å². The van der Waals surface area contributed by atoms with Gasteiger partial charge < -0.3 is 9.73 Å². The van der Waals surface area contributed by atoms with Crippen molar-refractivity contribution < 1.29 is 4.42 Å². The highest BCUT2D eigenvalue weighted by Gasteiger charge is 2.12. The number of aromatic nitrogens is 2. The molecule has 0 saturated carbocycles. The van der Waals surface area contributed by atoms with Crippen LogP contribution in [0, 0.1) is 0 Å². The van der Waals surface area contributed by atoms with Crippen molar-refractivity contribution >= 4 is 23.2 Å². The van der Waals surface area contributed by atoms with Crippen molar-refractivity contribution in [3.05, 3.63) is 70.0 Å². The molecule has 6 heteroatoms. The first-order valence-corrected chi connectivity index (χ1v) is 7.95. The van der Waals surface area contributed by atoms with Gasteiger partial charge in [-0.1, -0.05) is 41.4 Å². The van der Waals surface area contributed by atoms with Crippen molar-refractivity contribution in [1.29, 1.82) is 0 Å². The summed E-state index contributed by atoms with van der Waals surface area (Å²) in [7, 11) is 0. The zero-order chi connectivity index (χ0) is 16.2. The van der Waals surface area contributed by atoms with Crippen molar-refractivity contribution in [2.24, 2.45) is 0 Å². The lowest BCUT2D eigenvalue weighted by Crippen LogP contribution is -2.18. The van der Waals surface area contributed by atoms with Crippen LogP contribution in [0.3, 0.4) is 0 Å². The highest BCUT2D eigenvalue weighted by Crippen LogP contribution is 2.23. The first-order valence-electron chi connectivity index (χ1n) is 7.19. The molecule has 0 aliphatic rings. The monoisotopic (exact) mass is 347 g/mol. The first-order chi connectivity index (χ1) is 11.1. The third-order valence-corrected chi connectivity index (χ3v) is 4.09. The van der Waals surface area contributed by atoms with Crippen molar-refractivity contribution in [3.63, 3.8) is 0 Å². The predicted molar refractivity (Wildman–Crippen MR) is 91.5 cm³/mol. The van der Waals surface area contributed by atoms with Gasteiger partial charge in [0.05, 0.1) is 6.54 Å². The third-order valence-electron chi connectivity index (χ3n) is 3.49. The van der Waals surface area contributed by atoms with Gasteiger partial charge in [0.1, 0.15) is 0 Å². The van der Waals surface area contributed by atoms with Gasteiger partial charge in [0.25, 0.3) is 0 Å². The fourth-order valence-corrected chi connectivity index (χ4v) is 2.64. The van der Waals surface area contributed by atoms with E-state index in [1.165, 1.54) is 0 Å². The second-order valence-electron chi connectivity index (χ2n) is 5.13. The van der Waals surface area contributed by atoms with Gasteiger partial charge in [0.15, 0.2) is 0 Å². The quantitative estimate of drug-likeness (QED) is 0.713. The lowest BCUT2D eigenvalue weighted by atomic mass is 10.1. The number of hydrogen-bond donors (Lipinski definition) is 1. The maximum absolute atomic E-state index is 6.20. The number of halogens is 2. The van der Waals surface area contributed by atoms with E-state index in [-0.39, 0.29) is 6.04 Å². The van der Waals surface area contributed by atoms with Gasteiger partial charge in [-0.05, 0) is 42.8 Å². The number of hydrogen-bond acceptors (Lipinski definition) is 4. The summed E-state index contributed by atoms with van der Waals surface area (Å²) in [6, 6.07) is 15.1. The molecule has 1 N–H and O–H groups in total. The van der Waals surface area contributed by atoms with Crippen molar-refractivity contribution in [3.8, 4) is 11.5 Å². The average Bonchev–Trinajstić information content (AvgIpc) is 3.03. The molecule has 0 saturated heterocycles. The van der Waals surface area contributed by atoms with Crippen LogP contribution in [0.1, 0.15) is 24.4 Å². The van der Waals surface area contributed by atoms with Crippen LogP contribution in [-0.4, -0.2) is 10.2 Å². The van der Waals surface area contributed by atoms with E-state index in [1.807, 2.05) is 43.3 Å². The molecule has 0 radical (unpaired) electrons. The van der Waals surface area contributed by atoms with E-state index >= 15 is 0 Å². The van der Waals surface area contributed by atoms with E-state index in [4.69, 9.17) is 27.6 Å². The van der Waals surface area contributed by atoms with Crippen molar-refractivity contribution in [2.45, 2.75) is 19.5 Å². The molecular formula is C17H15Cl2N3O. The van der Waals surface area contributed by atoms with Gasteiger partial charge >= 0.3 is 0 Å². The maximum atomic E-state index is 6.20. The largest absolute Gasteiger partial charge is 0.419 e. The Bertz CT molecular complexity index is 787. The fraction of sp³-hybridized carbons (Fsp3) is 0.176. The van der Waals surface area contributed by atoms with Gasteiger partial charge in [0, 0.05) is 21.7 Å². The summed E-state index contributed by atoms with van der Waals surface area (Å²) >= 11 is 12.1. The summed E-state index contributed by atoms with van der Waals surface area (Å²) in [6.07, 6.45) is 0. The van der Waals surface area contributed by atoms with Gasteiger partial charge in [-0.3, -0.25) is 0 Å². The number of nitrogens with zero attached hydrogens (tertiary/aromatic N) is 2. The molecule has 1 heterocycles. The number of nitrogens with one attached hydrogen (secondary N) is 1. The van der Waals surface area contributed by atoms with E-state index in [9.17, 15) is 0 Å². The molecule has 1 atom stereocenters. The lowest BCUT2D eigenvalue weighted by Gasteiger charge is -2.14. The third kappa shape index (κ3) is 3.91. The Kier molecular flexibility index (Phi) is 4.96. The van der Waals surface area contributed by atoms with Crippen molar-refractivity contribution in [2.75, 3.05) is 0 Å². The van der Waals surface area contributed by atoms with Crippen LogP contribution >= 0.6 is 23.2 Å². The molecule has 3 aromatic rings. The first kappa shape index (κ1) is 16.0. The SMILES string of the molecule is C[C@H](NCc1nnc(-c2ccc(Cl)cc2)o1)c1ccccc1Cl. The molecule has 0 aliphatic heterocycles. The van der Waals surface area contributed by atoms with Crippen LogP contribution in [0.4, 0.5) is 0 Å². The van der Waals surface area contributed by atoms with E-state index in [0.717, 1.165) is 16.1 Å². The summed E-state index contributed by atoms with van der Waals surface area (Å²) < 4.78 is 5.67. The zero-order valence-corrected chi connectivity index (χ0v) is 14.0. The van der Waals surface area contributed by atoms with Crippen molar-refractivity contribution in [1.82, 2.24) is 15.5 Å².